The summed E-state index contributed by atoms with van der Waals surface area (Å²) >= 11 is 0. The summed E-state index contributed by atoms with van der Waals surface area (Å²) in [6, 6.07) is 21.5. The normalized spacial score (nSPS) is 17.8. The topological polar surface area (TPSA) is 79.2 Å². The highest BCUT2D eigenvalue weighted by Gasteiger charge is 2.38. The number of aliphatic hydroxyl groups excluding tert-OH is 1. The van der Waals surface area contributed by atoms with E-state index in [4.69, 9.17) is 9.47 Å². The van der Waals surface area contributed by atoms with Crippen molar-refractivity contribution in [2.45, 2.75) is 25.3 Å². The molecule has 1 amide bonds. The van der Waals surface area contributed by atoms with Crippen LogP contribution in [0.15, 0.2) is 72.8 Å². The van der Waals surface area contributed by atoms with Crippen LogP contribution in [0.4, 0.5) is 0 Å². The number of ether oxygens (including phenoxy) is 2. The van der Waals surface area contributed by atoms with E-state index in [2.05, 4.69) is 0 Å². The molecule has 160 valence electrons. The quantitative estimate of drug-likeness (QED) is 0.637. The van der Waals surface area contributed by atoms with Crippen molar-refractivity contribution in [1.29, 1.82) is 0 Å². The number of benzene rings is 3. The van der Waals surface area contributed by atoms with Crippen molar-refractivity contribution in [3.05, 3.63) is 95.1 Å². The lowest BCUT2D eigenvalue weighted by molar-refractivity contribution is -0.0481. The van der Waals surface area contributed by atoms with E-state index in [9.17, 15) is 15.0 Å². The maximum absolute atomic E-state index is 13.4. The molecule has 31 heavy (non-hydrogen) atoms. The average Bonchev–Trinajstić information content (AvgIpc) is 2.82. The van der Waals surface area contributed by atoms with E-state index in [-0.39, 0.29) is 23.8 Å². The minimum atomic E-state index is -0.590. The number of hydrogen-bond acceptors (Lipinski definition) is 5. The Morgan fingerprint density at radius 2 is 1.81 bits per heavy atom. The highest BCUT2D eigenvalue weighted by Crippen LogP contribution is 2.37. The van der Waals surface area contributed by atoms with Gasteiger partial charge in [-0.05, 0) is 28.8 Å². The van der Waals surface area contributed by atoms with Gasteiger partial charge in [0.25, 0.3) is 5.91 Å². The Kier molecular flexibility index (Phi) is 6.21. The lowest BCUT2D eigenvalue weighted by Gasteiger charge is -2.41. The number of hydrogen-bond donors (Lipinski definition) is 2. The Hall–Kier alpha value is -3.35. The summed E-state index contributed by atoms with van der Waals surface area (Å²) in [5.74, 6) is -0.0792. The highest BCUT2D eigenvalue weighted by molar-refractivity contribution is 5.97. The highest BCUT2D eigenvalue weighted by atomic mass is 16.5. The molecule has 1 aliphatic rings. The van der Waals surface area contributed by atoms with Gasteiger partial charge in [-0.15, -0.1) is 0 Å². The number of aromatic hydroxyl groups is 1. The molecule has 1 heterocycles. The van der Waals surface area contributed by atoms with Crippen LogP contribution in [0.5, 0.6) is 11.5 Å². The molecule has 3 aromatic carbocycles. The van der Waals surface area contributed by atoms with Crippen LogP contribution in [0.25, 0.3) is 0 Å². The van der Waals surface area contributed by atoms with E-state index in [1.165, 1.54) is 19.2 Å². The molecule has 0 aromatic heterocycles. The first-order valence-corrected chi connectivity index (χ1v) is 10.1. The first kappa shape index (κ1) is 20.9. The summed E-state index contributed by atoms with van der Waals surface area (Å²) in [4.78, 5) is 14.9. The third-order valence-electron chi connectivity index (χ3n) is 5.61. The van der Waals surface area contributed by atoms with Crippen LogP contribution < -0.4 is 4.74 Å². The Bertz CT molecular complexity index is 1050. The van der Waals surface area contributed by atoms with Crippen LogP contribution in [0.2, 0.25) is 0 Å². The number of nitrogens with zero attached hydrogens (tertiary/aromatic N) is 1. The molecule has 0 unspecified atom stereocenters. The molecule has 0 aliphatic carbocycles. The lowest BCUT2D eigenvalue weighted by atomic mass is 9.90. The van der Waals surface area contributed by atoms with Gasteiger partial charge in [0, 0.05) is 12.6 Å². The van der Waals surface area contributed by atoms with E-state index in [1.807, 2.05) is 54.6 Å². The summed E-state index contributed by atoms with van der Waals surface area (Å²) in [7, 11) is 1.49. The molecule has 6 nitrogen and oxygen atoms in total. The van der Waals surface area contributed by atoms with Crippen molar-refractivity contribution in [3.63, 3.8) is 0 Å². The van der Waals surface area contributed by atoms with Crippen molar-refractivity contribution in [2.24, 2.45) is 0 Å². The van der Waals surface area contributed by atoms with Gasteiger partial charge in [-0.1, -0.05) is 54.6 Å². The molecule has 0 saturated heterocycles. The summed E-state index contributed by atoms with van der Waals surface area (Å²) in [6.45, 7) is 0.402. The SMILES string of the molecule is COc1ccc(C(=O)N2Cc3ccccc3[C@@H](OCc3ccccc3)[C@@H]2CO)c(O)c1. The number of methoxy groups -OCH3 is 1. The van der Waals surface area contributed by atoms with Gasteiger partial charge < -0.3 is 24.6 Å². The van der Waals surface area contributed by atoms with Crippen LogP contribution in [-0.2, 0) is 17.9 Å². The minimum Gasteiger partial charge on any atom is -0.507 e. The maximum atomic E-state index is 13.4. The zero-order chi connectivity index (χ0) is 21.8. The second kappa shape index (κ2) is 9.20. The lowest BCUT2D eigenvalue weighted by Crippen LogP contribution is -2.49. The zero-order valence-electron chi connectivity index (χ0n) is 17.3. The first-order chi connectivity index (χ1) is 15.1. The summed E-state index contributed by atoms with van der Waals surface area (Å²) in [5.41, 5.74) is 3.07. The fourth-order valence-electron chi connectivity index (χ4n) is 3.98. The molecule has 6 heteroatoms. The van der Waals surface area contributed by atoms with Gasteiger partial charge in [0.2, 0.25) is 0 Å². The standard InChI is InChI=1S/C25H25NO5/c1-30-19-11-12-21(23(28)13-19)25(29)26-14-18-9-5-6-10-20(18)24(22(26)15-27)31-16-17-7-3-2-4-8-17/h2-13,22,24,27-28H,14-16H2,1H3/t22-,24+/m0/s1. The average molecular weight is 419 g/mol. The molecule has 2 N–H and O–H groups in total. The molecular formula is C25H25NO5. The van der Waals surface area contributed by atoms with Gasteiger partial charge in [-0.3, -0.25) is 4.79 Å². The monoisotopic (exact) mass is 419 g/mol. The third-order valence-corrected chi connectivity index (χ3v) is 5.61. The molecule has 3 aromatic rings. The fraction of sp³-hybridized carbons (Fsp3) is 0.240. The van der Waals surface area contributed by atoms with Gasteiger partial charge in [0.1, 0.15) is 17.6 Å². The zero-order valence-corrected chi connectivity index (χ0v) is 17.3. The molecule has 1 aliphatic heterocycles. The van der Waals surface area contributed by atoms with Crippen molar-refractivity contribution >= 4 is 5.91 Å². The number of fused-ring (bicyclic) bond motifs is 1. The number of rotatable bonds is 6. The van der Waals surface area contributed by atoms with Crippen LogP contribution in [0.3, 0.4) is 0 Å². The van der Waals surface area contributed by atoms with Gasteiger partial charge >= 0.3 is 0 Å². The number of amides is 1. The molecular weight excluding hydrogens is 394 g/mol. The van der Waals surface area contributed by atoms with Crippen molar-refractivity contribution in [2.75, 3.05) is 13.7 Å². The van der Waals surface area contributed by atoms with Gasteiger partial charge in [-0.2, -0.15) is 0 Å². The Balaban J connectivity index is 1.66. The molecule has 2 atom stereocenters. The summed E-state index contributed by atoms with van der Waals surface area (Å²) in [6.07, 6.45) is -0.500. The molecule has 0 bridgehead atoms. The van der Waals surface area contributed by atoms with Crippen LogP contribution >= 0.6 is 0 Å². The van der Waals surface area contributed by atoms with E-state index in [0.29, 0.717) is 18.9 Å². The number of phenols is 1. The second-order valence-electron chi connectivity index (χ2n) is 7.48. The predicted molar refractivity (Wildman–Crippen MR) is 116 cm³/mol. The number of carbonyl (C=O) groups is 1. The van der Waals surface area contributed by atoms with E-state index >= 15 is 0 Å². The van der Waals surface area contributed by atoms with E-state index in [0.717, 1.165) is 16.7 Å². The minimum absolute atomic E-state index is 0.153. The third kappa shape index (κ3) is 4.26. The fourth-order valence-corrected chi connectivity index (χ4v) is 3.98. The molecule has 0 spiro atoms. The molecule has 0 fully saturated rings. The van der Waals surface area contributed by atoms with Gasteiger partial charge in [-0.25, -0.2) is 0 Å². The molecule has 4 rings (SSSR count). The predicted octanol–water partition coefficient (Wildman–Crippen LogP) is 3.68. The van der Waals surface area contributed by atoms with E-state index < -0.39 is 12.1 Å². The van der Waals surface area contributed by atoms with Crippen molar-refractivity contribution in [1.82, 2.24) is 4.90 Å². The second-order valence-corrected chi connectivity index (χ2v) is 7.48. The van der Waals surface area contributed by atoms with Gasteiger partial charge in [0.05, 0.1) is 31.9 Å². The summed E-state index contributed by atoms with van der Waals surface area (Å²) in [5, 5.41) is 20.6. The Labute approximate surface area is 181 Å². The van der Waals surface area contributed by atoms with Crippen molar-refractivity contribution < 1.29 is 24.5 Å². The molecule has 0 saturated carbocycles. The van der Waals surface area contributed by atoms with Gasteiger partial charge in [0.15, 0.2) is 0 Å². The largest absolute Gasteiger partial charge is 0.507 e. The van der Waals surface area contributed by atoms with Crippen LogP contribution in [0.1, 0.15) is 33.2 Å². The van der Waals surface area contributed by atoms with Crippen LogP contribution in [-0.4, -0.2) is 40.8 Å². The maximum Gasteiger partial charge on any atom is 0.258 e. The van der Waals surface area contributed by atoms with Crippen LogP contribution in [0, 0.1) is 0 Å². The van der Waals surface area contributed by atoms with Crippen molar-refractivity contribution in [3.8, 4) is 11.5 Å². The summed E-state index contributed by atoms with van der Waals surface area (Å²) < 4.78 is 11.4. The Morgan fingerprint density at radius 3 is 2.52 bits per heavy atom. The first-order valence-electron chi connectivity index (χ1n) is 10.1. The van der Waals surface area contributed by atoms with E-state index in [1.54, 1.807) is 11.0 Å². The molecule has 0 radical (unpaired) electrons. The number of phenolic OH excluding ortho intramolecular Hbond substituents is 1. The number of aliphatic hydroxyl groups is 1. The Morgan fingerprint density at radius 1 is 1.06 bits per heavy atom. The number of carbonyl (C=O) groups excluding carboxylic acids is 1. The smallest absolute Gasteiger partial charge is 0.258 e.